The number of sulfone groups is 1. The molecule has 0 spiro atoms. The minimum Gasteiger partial charge on any atom is -0.465 e. The number of carbonyl (C=O) groups excluding carboxylic acids is 1. The van der Waals surface area contributed by atoms with E-state index in [1.165, 1.54) is 30.0 Å². The number of carbonyl (C=O) groups is 1. The van der Waals surface area contributed by atoms with E-state index in [9.17, 15) is 18.5 Å². The van der Waals surface area contributed by atoms with Gasteiger partial charge in [-0.3, -0.25) is 4.79 Å². The maximum Gasteiger partial charge on any atom is 0.327 e. The number of esters is 1. The van der Waals surface area contributed by atoms with Crippen LogP contribution in [0, 0.1) is 11.3 Å². The van der Waals surface area contributed by atoms with Gasteiger partial charge in [-0.25, -0.2) is 8.42 Å². The highest BCUT2D eigenvalue weighted by Crippen LogP contribution is 2.47. The molecule has 0 saturated carbocycles. The number of hydrogen-bond donors (Lipinski definition) is 1. The zero-order valence-corrected chi connectivity index (χ0v) is 18.2. The highest BCUT2D eigenvalue weighted by molar-refractivity contribution is 7.99. The molecule has 3 aromatic carbocycles. The first-order valence-corrected chi connectivity index (χ1v) is 11.8. The van der Waals surface area contributed by atoms with E-state index in [0.717, 1.165) is 15.5 Å². The summed E-state index contributed by atoms with van der Waals surface area (Å²) in [5, 5.41) is 13.0. The molecule has 0 amide bonds. The number of para-hydroxylation sites is 1. The maximum absolute atomic E-state index is 13.5. The molecular weight excluding hydrogens is 432 g/mol. The minimum atomic E-state index is -3.99. The number of hydrogen-bond acceptors (Lipinski definition) is 7. The molecule has 8 heteroatoms. The van der Waals surface area contributed by atoms with Gasteiger partial charge < -0.3 is 10.1 Å². The summed E-state index contributed by atoms with van der Waals surface area (Å²) < 4.78 is 32.0. The Labute approximate surface area is 184 Å². The lowest BCUT2D eigenvalue weighted by Crippen LogP contribution is -2.18. The van der Waals surface area contributed by atoms with E-state index in [2.05, 4.69) is 5.32 Å². The van der Waals surface area contributed by atoms with Gasteiger partial charge >= 0.3 is 5.97 Å². The molecule has 0 aliphatic carbocycles. The van der Waals surface area contributed by atoms with Crippen LogP contribution in [0.2, 0.25) is 0 Å². The van der Waals surface area contributed by atoms with Crippen LogP contribution in [0.15, 0.2) is 86.3 Å². The Balaban J connectivity index is 1.93. The highest BCUT2D eigenvalue weighted by Gasteiger charge is 2.33. The van der Waals surface area contributed by atoms with Gasteiger partial charge in [0.1, 0.15) is 0 Å². The van der Waals surface area contributed by atoms with Crippen molar-refractivity contribution >= 4 is 38.9 Å². The average Bonchev–Trinajstić information content (AvgIpc) is 2.78. The average molecular weight is 451 g/mol. The fraction of sp³-hybridized carbons (Fsp3) is 0.130. The van der Waals surface area contributed by atoms with Gasteiger partial charge in [0.05, 0.1) is 33.8 Å². The number of ether oxygens (including phenoxy) is 1. The first-order chi connectivity index (χ1) is 15.0. The lowest BCUT2D eigenvalue weighted by Gasteiger charge is -2.24. The number of benzene rings is 3. The summed E-state index contributed by atoms with van der Waals surface area (Å²) in [7, 11) is -3.99. The SMILES string of the molecule is CCOC(=O)C(C#N)c1cc2c(cc1S(=O)(=O)c1ccccc1)Nc1ccccc1S2. The van der Waals surface area contributed by atoms with Crippen molar-refractivity contribution in [2.45, 2.75) is 32.4 Å². The second-order valence-electron chi connectivity index (χ2n) is 6.74. The Hall–Kier alpha value is -3.28. The summed E-state index contributed by atoms with van der Waals surface area (Å²) in [5.41, 5.74) is 1.57. The first kappa shape index (κ1) is 21.0. The van der Waals surface area contributed by atoms with Crippen LogP contribution in [0.25, 0.3) is 0 Å². The van der Waals surface area contributed by atoms with Gasteiger partial charge in [0, 0.05) is 15.4 Å². The predicted octanol–water partition coefficient (Wildman–Crippen LogP) is 4.90. The number of rotatable bonds is 5. The summed E-state index contributed by atoms with van der Waals surface area (Å²) in [6.45, 7) is 1.73. The van der Waals surface area contributed by atoms with Gasteiger partial charge in [0.25, 0.3) is 0 Å². The van der Waals surface area contributed by atoms with Gasteiger partial charge in [0.2, 0.25) is 9.84 Å². The van der Waals surface area contributed by atoms with E-state index in [1.54, 1.807) is 31.2 Å². The van der Waals surface area contributed by atoms with Crippen LogP contribution in [-0.2, 0) is 19.4 Å². The molecule has 0 aromatic heterocycles. The number of anilines is 2. The lowest BCUT2D eigenvalue weighted by atomic mass is 10.00. The van der Waals surface area contributed by atoms with Crippen molar-refractivity contribution < 1.29 is 17.9 Å². The first-order valence-electron chi connectivity index (χ1n) is 9.54. The molecule has 156 valence electrons. The van der Waals surface area contributed by atoms with Gasteiger partial charge in [-0.15, -0.1) is 0 Å². The van der Waals surface area contributed by atoms with Crippen molar-refractivity contribution in [2.24, 2.45) is 0 Å². The Kier molecular flexibility index (Phi) is 5.72. The molecule has 31 heavy (non-hydrogen) atoms. The van der Waals surface area contributed by atoms with E-state index >= 15 is 0 Å². The predicted molar refractivity (Wildman–Crippen MR) is 117 cm³/mol. The van der Waals surface area contributed by atoms with E-state index in [4.69, 9.17) is 4.74 Å². The minimum absolute atomic E-state index is 0.0839. The fourth-order valence-corrected chi connectivity index (χ4v) is 5.89. The van der Waals surface area contributed by atoms with Gasteiger partial charge in [-0.1, -0.05) is 42.1 Å². The molecule has 1 unspecified atom stereocenters. The van der Waals surface area contributed by atoms with Crippen molar-refractivity contribution in [3.63, 3.8) is 0 Å². The summed E-state index contributed by atoms with van der Waals surface area (Å²) in [5.74, 6) is -2.14. The monoisotopic (exact) mass is 450 g/mol. The quantitative estimate of drug-likeness (QED) is 0.432. The molecule has 1 atom stereocenters. The molecule has 0 radical (unpaired) electrons. The third-order valence-corrected chi connectivity index (χ3v) is 7.75. The summed E-state index contributed by atoms with van der Waals surface area (Å²) in [4.78, 5) is 14.2. The smallest absolute Gasteiger partial charge is 0.327 e. The van der Waals surface area contributed by atoms with Gasteiger partial charge in [-0.2, -0.15) is 5.26 Å². The normalized spacial score (nSPS) is 13.2. The van der Waals surface area contributed by atoms with Crippen LogP contribution in [0.5, 0.6) is 0 Å². The molecule has 1 aliphatic heterocycles. The molecule has 6 nitrogen and oxygen atoms in total. The number of nitrogens with zero attached hydrogens (tertiary/aromatic N) is 1. The second kappa shape index (κ2) is 8.46. The number of nitriles is 1. The Morgan fingerprint density at radius 1 is 1.06 bits per heavy atom. The molecule has 1 heterocycles. The van der Waals surface area contributed by atoms with Crippen LogP contribution in [0.3, 0.4) is 0 Å². The topological polar surface area (TPSA) is 96.3 Å². The molecule has 4 rings (SSSR count). The zero-order chi connectivity index (χ0) is 22.0. The summed E-state index contributed by atoms with van der Waals surface area (Å²) >= 11 is 1.45. The van der Waals surface area contributed by atoms with Crippen molar-refractivity contribution in [3.05, 3.63) is 72.3 Å². The van der Waals surface area contributed by atoms with E-state index in [0.29, 0.717) is 5.69 Å². The van der Waals surface area contributed by atoms with E-state index in [1.807, 2.05) is 30.3 Å². The summed E-state index contributed by atoms with van der Waals surface area (Å²) in [6, 6.07) is 20.6. The molecule has 0 saturated heterocycles. The second-order valence-corrected chi connectivity index (χ2v) is 9.74. The van der Waals surface area contributed by atoms with Crippen LogP contribution in [0.1, 0.15) is 18.4 Å². The molecule has 1 aliphatic rings. The third kappa shape index (κ3) is 3.90. The molecular formula is C23H18N2O4S2. The largest absolute Gasteiger partial charge is 0.465 e. The summed E-state index contributed by atoms with van der Waals surface area (Å²) in [6.07, 6.45) is 0. The van der Waals surface area contributed by atoms with Crippen LogP contribution >= 0.6 is 11.8 Å². The Morgan fingerprint density at radius 2 is 1.77 bits per heavy atom. The third-order valence-electron chi connectivity index (χ3n) is 4.79. The van der Waals surface area contributed by atoms with Crippen LogP contribution in [0.4, 0.5) is 11.4 Å². The van der Waals surface area contributed by atoms with E-state index in [-0.39, 0.29) is 22.0 Å². The van der Waals surface area contributed by atoms with Crippen molar-refractivity contribution in [1.29, 1.82) is 5.26 Å². The number of nitrogens with one attached hydrogen (secondary N) is 1. The Bertz CT molecular complexity index is 1300. The highest BCUT2D eigenvalue weighted by atomic mass is 32.2. The number of fused-ring (bicyclic) bond motifs is 2. The molecule has 1 N–H and O–H groups in total. The van der Waals surface area contributed by atoms with Crippen molar-refractivity contribution in [2.75, 3.05) is 11.9 Å². The maximum atomic E-state index is 13.5. The Morgan fingerprint density at radius 3 is 2.48 bits per heavy atom. The van der Waals surface area contributed by atoms with Crippen molar-refractivity contribution in [3.8, 4) is 6.07 Å². The molecule has 3 aromatic rings. The standard InChI is InChI=1S/C23H18N2O4S2/c1-2-29-23(26)17(14-24)16-12-21-19(25-18-10-6-7-11-20(18)30-21)13-22(16)31(27,28)15-8-4-3-5-9-15/h3-13,17,25H,2H2,1H3. The van der Waals surface area contributed by atoms with E-state index < -0.39 is 21.7 Å². The molecule has 0 bridgehead atoms. The molecule has 0 fully saturated rings. The van der Waals surface area contributed by atoms with Crippen LogP contribution < -0.4 is 5.32 Å². The van der Waals surface area contributed by atoms with Crippen LogP contribution in [-0.4, -0.2) is 21.0 Å². The zero-order valence-electron chi connectivity index (χ0n) is 16.5. The van der Waals surface area contributed by atoms with Crippen molar-refractivity contribution in [1.82, 2.24) is 0 Å². The van der Waals surface area contributed by atoms with Gasteiger partial charge in [-0.05, 0) is 43.3 Å². The van der Waals surface area contributed by atoms with Gasteiger partial charge in [0.15, 0.2) is 5.92 Å². The fourth-order valence-electron chi connectivity index (χ4n) is 3.34. The lowest BCUT2D eigenvalue weighted by molar-refractivity contribution is -0.143.